The number of hydrogen-bond donors (Lipinski definition) is 2. The van der Waals surface area contributed by atoms with Gasteiger partial charge in [0.25, 0.3) is 0 Å². The summed E-state index contributed by atoms with van der Waals surface area (Å²) in [6, 6.07) is 2.90. The Kier molecular flexibility index (Phi) is 4.22. The second kappa shape index (κ2) is 5.77. The number of urea groups is 1. The lowest BCUT2D eigenvalue weighted by Crippen LogP contribution is -2.43. The van der Waals surface area contributed by atoms with Crippen LogP contribution >= 0.6 is 11.3 Å². The first-order valence-corrected chi connectivity index (χ1v) is 7.13. The minimum atomic E-state index is -0.689. The molecule has 0 saturated carbocycles. The lowest BCUT2D eigenvalue weighted by Gasteiger charge is -2.20. The van der Waals surface area contributed by atoms with Crippen molar-refractivity contribution in [1.82, 2.24) is 10.3 Å². The molecular formula is C14H15F2N3OS. The number of thiazole rings is 1. The van der Waals surface area contributed by atoms with E-state index in [1.807, 2.05) is 20.8 Å². The summed E-state index contributed by atoms with van der Waals surface area (Å²) in [5, 5.41) is 7.25. The molecule has 1 heterocycles. The van der Waals surface area contributed by atoms with E-state index >= 15 is 0 Å². The van der Waals surface area contributed by atoms with Crippen molar-refractivity contribution in [3.05, 3.63) is 35.2 Å². The van der Waals surface area contributed by atoms with Gasteiger partial charge in [-0.15, -0.1) is 11.3 Å². The van der Waals surface area contributed by atoms with Crippen molar-refractivity contribution in [1.29, 1.82) is 0 Å². The zero-order valence-corrected chi connectivity index (χ0v) is 12.6. The van der Waals surface area contributed by atoms with E-state index in [0.717, 1.165) is 12.1 Å². The van der Waals surface area contributed by atoms with Crippen LogP contribution in [0.4, 0.5) is 18.7 Å². The number of hydrogen-bond acceptors (Lipinski definition) is 3. The average Bonchev–Trinajstić information content (AvgIpc) is 2.74. The fraction of sp³-hybridized carbons (Fsp3) is 0.286. The Morgan fingerprint density at radius 3 is 2.62 bits per heavy atom. The molecule has 0 unspecified atom stereocenters. The molecule has 2 aromatic rings. The summed E-state index contributed by atoms with van der Waals surface area (Å²) in [4.78, 5) is 15.8. The molecule has 2 amide bonds. The third-order valence-corrected chi connectivity index (χ3v) is 3.18. The lowest BCUT2D eigenvalue weighted by atomic mass is 10.1. The highest BCUT2D eigenvalue weighted by atomic mass is 32.1. The fourth-order valence-electron chi connectivity index (χ4n) is 1.62. The molecule has 7 heteroatoms. The molecule has 0 aliphatic rings. The first-order valence-electron chi connectivity index (χ1n) is 6.25. The molecule has 1 aromatic carbocycles. The summed E-state index contributed by atoms with van der Waals surface area (Å²) in [7, 11) is 0. The van der Waals surface area contributed by atoms with Crippen molar-refractivity contribution in [2.75, 3.05) is 5.32 Å². The maximum atomic E-state index is 13.7. The Hall–Kier alpha value is -2.02. The van der Waals surface area contributed by atoms with Crippen LogP contribution in [-0.2, 0) is 0 Å². The Morgan fingerprint density at radius 1 is 1.29 bits per heavy atom. The maximum Gasteiger partial charge on any atom is 0.321 e. The predicted octanol–water partition coefficient (Wildman–Crippen LogP) is 4.01. The van der Waals surface area contributed by atoms with E-state index < -0.39 is 11.6 Å². The molecule has 0 aliphatic carbocycles. The first kappa shape index (κ1) is 15.4. The number of carbonyl (C=O) groups is 1. The van der Waals surface area contributed by atoms with Gasteiger partial charge in [0.2, 0.25) is 0 Å². The van der Waals surface area contributed by atoms with Crippen molar-refractivity contribution in [2.45, 2.75) is 26.3 Å². The van der Waals surface area contributed by atoms with Crippen LogP contribution in [0.3, 0.4) is 0 Å². The minimum Gasteiger partial charge on any atom is -0.333 e. The number of anilines is 1. The lowest BCUT2D eigenvalue weighted by molar-refractivity contribution is 0.244. The van der Waals surface area contributed by atoms with Crippen LogP contribution in [-0.4, -0.2) is 16.6 Å². The molecule has 21 heavy (non-hydrogen) atoms. The van der Waals surface area contributed by atoms with Gasteiger partial charge in [0.05, 0.1) is 5.69 Å². The fourth-order valence-corrected chi connectivity index (χ4v) is 2.33. The number of amides is 2. The van der Waals surface area contributed by atoms with Crippen LogP contribution in [0.25, 0.3) is 11.3 Å². The monoisotopic (exact) mass is 311 g/mol. The average molecular weight is 311 g/mol. The Morgan fingerprint density at radius 2 is 2.00 bits per heavy atom. The number of aromatic nitrogens is 1. The van der Waals surface area contributed by atoms with Gasteiger partial charge in [0.1, 0.15) is 11.6 Å². The van der Waals surface area contributed by atoms with Gasteiger partial charge in [-0.3, -0.25) is 5.32 Å². The predicted molar refractivity (Wildman–Crippen MR) is 79.4 cm³/mol. The van der Waals surface area contributed by atoms with E-state index in [0.29, 0.717) is 10.8 Å². The number of nitrogens with zero attached hydrogens (tertiary/aromatic N) is 1. The Bertz CT molecular complexity index is 664. The van der Waals surface area contributed by atoms with E-state index in [2.05, 4.69) is 15.6 Å². The highest BCUT2D eigenvalue weighted by Gasteiger charge is 2.16. The van der Waals surface area contributed by atoms with Gasteiger partial charge in [0, 0.05) is 22.5 Å². The van der Waals surface area contributed by atoms with Crippen LogP contribution < -0.4 is 10.6 Å². The normalized spacial score (nSPS) is 11.3. The summed E-state index contributed by atoms with van der Waals surface area (Å²) >= 11 is 1.17. The van der Waals surface area contributed by atoms with Crippen molar-refractivity contribution in [2.24, 2.45) is 0 Å². The zero-order valence-electron chi connectivity index (χ0n) is 11.8. The van der Waals surface area contributed by atoms with Gasteiger partial charge >= 0.3 is 6.03 Å². The van der Waals surface area contributed by atoms with Crippen LogP contribution in [0.15, 0.2) is 23.6 Å². The molecule has 0 atom stereocenters. The van der Waals surface area contributed by atoms with Crippen LogP contribution in [0.2, 0.25) is 0 Å². The number of halogens is 2. The van der Waals surface area contributed by atoms with Gasteiger partial charge in [-0.05, 0) is 32.9 Å². The smallest absolute Gasteiger partial charge is 0.321 e. The van der Waals surface area contributed by atoms with Gasteiger partial charge in [-0.2, -0.15) is 0 Å². The molecule has 1 aromatic heterocycles. The summed E-state index contributed by atoms with van der Waals surface area (Å²) in [5.74, 6) is -1.33. The van der Waals surface area contributed by atoms with Gasteiger partial charge in [-0.25, -0.2) is 18.6 Å². The second-order valence-electron chi connectivity index (χ2n) is 5.49. The van der Waals surface area contributed by atoms with Crippen molar-refractivity contribution < 1.29 is 13.6 Å². The van der Waals surface area contributed by atoms with E-state index in [-0.39, 0.29) is 17.1 Å². The van der Waals surface area contributed by atoms with E-state index in [1.165, 1.54) is 17.4 Å². The SMILES string of the molecule is CC(C)(C)NC(=O)Nc1nc(-c2ccc(F)cc2F)cs1. The molecular weight excluding hydrogens is 296 g/mol. The van der Waals surface area contributed by atoms with Gasteiger partial charge < -0.3 is 5.32 Å². The van der Waals surface area contributed by atoms with Gasteiger partial charge in [0.15, 0.2) is 5.13 Å². The summed E-state index contributed by atoms with van der Waals surface area (Å²) in [6.07, 6.45) is 0. The van der Waals surface area contributed by atoms with E-state index in [1.54, 1.807) is 5.38 Å². The van der Waals surface area contributed by atoms with E-state index in [9.17, 15) is 13.6 Å². The summed E-state index contributed by atoms with van der Waals surface area (Å²) < 4.78 is 26.5. The van der Waals surface area contributed by atoms with Crippen LogP contribution in [0.1, 0.15) is 20.8 Å². The Labute approximate surface area is 125 Å². The van der Waals surface area contributed by atoms with Crippen molar-refractivity contribution in [3.63, 3.8) is 0 Å². The topological polar surface area (TPSA) is 54.0 Å². The molecule has 0 aliphatic heterocycles. The zero-order chi connectivity index (χ0) is 15.6. The largest absolute Gasteiger partial charge is 0.333 e. The molecule has 0 radical (unpaired) electrons. The maximum absolute atomic E-state index is 13.7. The highest BCUT2D eigenvalue weighted by molar-refractivity contribution is 7.14. The number of rotatable bonds is 2. The van der Waals surface area contributed by atoms with Crippen molar-refractivity contribution >= 4 is 22.5 Å². The number of carbonyl (C=O) groups excluding carboxylic acids is 1. The van der Waals surface area contributed by atoms with Crippen LogP contribution in [0, 0.1) is 11.6 Å². The third kappa shape index (κ3) is 4.22. The van der Waals surface area contributed by atoms with E-state index in [4.69, 9.17) is 0 Å². The molecule has 2 N–H and O–H groups in total. The summed E-state index contributed by atoms with van der Waals surface area (Å²) in [6.45, 7) is 5.56. The first-order chi connectivity index (χ1) is 9.74. The molecule has 0 bridgehead atoms. The van der Waals surface area contributed by atoms with Crippen LogP contribution in [0.5, 0.6) is 0 Å². The summed E-state index contributed by atoms with van der Waals surface area (Å²) in [5.41, 5.74) is 0.174. The standard InChI is InChI=1S/C14H15F2N3OS/c1-14(2,3)19-12(20)18-13-17-11(7-21-13)9-5-4-8(15)6-10(9)16/h4-7H,1-3H3,(H2,17,18,19,20). The highest BCUT2D eigenvalue weighted by Crippen LogP contribution is 2.27. The van der Waals surface area contributed by atoms with Crippen molar-refractivity contribution in [3.8, 4) is 11.3 Å². The van der Waals surface area contributed by atoms with Gasteiger partial charge in [-0.1, -0.05) is 0 Å². The molecule has 112 valence electrons. The molecule has 4 nitrogen and oxygen atoms in total. The second-order valence-corrected chi connectivity index (χ2v) is 6.35. The molecule has 0 saturated heterocycles. The molecule has 0 spiro atoms. The Balaban J connectivity index is 2.13. The quantitative estimate of drug-likeness (QED) is 0.880. The molecule has 2 rings (SSSR count). The number of benzene rings is 1. The third-order valence-electron chi connectivity index (χ3n) is 2.42. The number of nitrogens with one attached hydrogen (secondary N) is 2. The molecule has 0 fully saturated rings. The minimum absolute atomic E-state index is 0.192.